The van der Waals surface area contributed by atoms with Crippen LogP contribution in [0.1, 0.15) is 42.9 Å². The Morgan fingerprint density at radius 1 is 1.32 bits per heavy atom. The van der Waals surface area contributed by atoms with E-state index in [1.165, 1.54) is 36.8 Å². The van der Waals surface area contributed by atoms with Gasteiger partial charge in [-0.15, -0.1) is 0 Å². The van der Waals surface area contributed by atoms with E-state index in [0.717, 1.165) is 12.5 Å². The SMILES string of the molecule is Cc1cccc(CNc2nccn2C2CCCC2)c1. The molecule has 1 N–H and O–H groups in total. The van der Waals surface area contributed by atoms with Gasteiger partial charge < -0.3 is 9.88 Å². The maximum absolute atomic E-state index is 4.45. The Hall–Kier alpha value is -1.77. The summed E-state index contributed by atoms with van der Waals surface area (Å²) in [5.41, 5.74) is 2.61. The molecule has 19 heavy (non-hydrogen) atoms. The number of aryl methyl sites for hydroxylation is 1. The van der Waals surface area contributed by atoms with Gasteiger partial charge in [0.2, 0.25) is 5.95 Å². The maximum atomic E-state index is 4.45. The largest absolute Gasteiger partial charge is 0.352 e. The van der Waals surface area contributed by atoms with Crippen molar-refractivity contribution < 1.29 is 0 Å². The lowest BCUT2D eigenvalue weighted by Crippen LogP contribution is -2.10. The van der Waals surface area contributed by atoms with Crippen LogP contribution >= 0.6 is 0 Å². The second-order valence-corrected chi connectivity index (χ2v) is 5.44. The highest BCUT2D eigenvalue weighted by Crippen LogP contribution is 2.31. The Morgan fingerprint density at radius 3 is 2.95 bits per heavy atom. The minimum atomic E-state index is 0.641. The topological polar surface area (TPSA) is 29.9 Å². The van der Waals surface area contributed by atoms with Crippen LogP contribution in [0.3, 0.4) is 0 Å². The highest BCUT2D eigenvalue weighted by Gasteiger charge is 2.18. The predicted octanol–water partition coefficient (Wildman–Crippen LogP) is 3.92. The van der Waals surface area contributed by atoms with E-state index in [0.29, 0.717) is 6.04 Å². The first-order valence-electron chi connectivity index (χ1n) is 7.15. The summed E-state index contributed by atoms with van der Waals surface area (Å²) in [6, 6.07) is 9.25. The fraction of sp³-hybridized carbons (Fsp3) is 0.438. The van der Waals surface area contributed by atoms with Crippen molar-refractivity contribution in [2.45, 2.75) is 45.2 Å². The zero-order chi connectivity index (χ0) is 13.1. The van der Waals surface area contributed by atoms with Crippen molar-refractivity contribution in [2.75, 3.05) is 5.32 Å². The lowest BCUT2D eigenvalue weighted by molar-refractivity contribution is 0.523. The molecule has 3 rings (SSSR count). The van der Waals surface area contributed by atoms with Crippen molar-refractivity contribution in [1.82, 2.24) is 9.55 Å². The van der Waals surface area contributed by atoms with Crippen molar-refractivity contribution >= 4 is 5.95 Å². The molecule has 0 atom stereocenters. The predicted molar refractivity (Wildman–Crippen MR) is 78.2 cm³/mol. The molecule has 1 heterocycles. The van der Waals surface area contributed by atoms with E-state index < -0.39 is 0 Å². The summed E-state index contributed by atoms with van der Waals surface area (Å²) < 4.78 is 2.31. The first-order chi connectivity index (χ1) is 9.33. The van der Waals surface area contributed by atoms with Crippen molar-refractivity contribution in [3.63, 3.8) is 0 Å². The molecule has 1 fully saturated rings. The van der Waals surface area contributed by atoms with Gasteiger partial charge in [-0.1, -0.05) is 42.7 Å². The number of rotatable bonds is 4. The Bertz CT molecular complexity index is 538. The monoisotopic (exact) mass is 255 g/mol. The Kier molecular flexibility index (Phi) is 3.53. The van der Waals surface area contributed by atoms with Gasteiger partial charge in [0.15, 0.2) is 0 Å². The first-order valence-corrected chi connectivity index (χ1v) is 7.15. The summed E-state index contributed by atoms with van der Waals surface area (Å²) in [6.45, 7) is 2.97. The van der Waals surface area contributed by atoms with Gasteiger partial charge in [0.25, 0.3) is 0 Å². The van der Waals surface area contributed by atoms with Crippen LogP contribution in [0.4, 0.5) is 5.95 Å². The third kappa shape index (κ3) is 2.80. The molecule has 0 amide bonds. The van der Waals surface area contributed by atoms with Crippen LogP contribution in [0.2, 0.25) is 0 Å². The van der Waals surface area contributed by atoms with E-state index in [1.54, 1.807) is 0 Å². The molecule has 3 heteroatoms. The molecule has 1 aliphatic rings. The molecular weight excluding hydrogens is 234 g/mol. The zero-order valence-electron chi connectivity index (χ0n) is 11.5. The molecule has 2 aromatic rings. The number of hydrogen-bond donors (Lipinski definition) is 1. The van der Waals surface area contributed by atoms with E-state index in [2.05, 4.69) is 52.3 Å². The van der Waals surface area contributed by atoms with Gasteiger partial charge in [-0.25, -0.2) is 4.98 Å². The Balaban J connectivity index is 1.68. The van der Waals surface area contributed by atoms with Crippen LogP contribution in [0.15, 0.2) is 36.7 Å². The van der Waals surface area contributed by atoms with Crippen molar-refractivity contribution in [3.05, 3.63) is 47.8 Å². The number of aromatic nitrogens is 2. The summed E-state index contributed by atoms with van der Waals surface area (Å²) in [4.78, 5) is 4.45. The summed E-state index contributed by atoms with van der Waals surface area (Å²) >= 11 is 0. The quantitative estimate of drug-likeness (QED) is 0.897. The minimum absolute atomic E-state index is 0.641. The summed E-state index contributed by atoms with van der Waals surface area (Å²) in [7, 11) is 0. The molecule has 1 aromatic heterocycles. The van der Waals surface area contributed by atoms with Crippen LogP contribution in [-0.4, -0.2) is 9.55 Å². The summed E-state index contributed by atoms with van der Waals surface area (Å²) in [5, 5.41) is 3.47. The molecule has 0 aliphatic heterocycles. The van der Waals surface area contributed by atoms with Crippen molar-refractivity contribution in [1.29, 1.82) is 0 Å². The normalized spacial score (nSPS) is 15.8. The van der Waals surface area contributed by atoms with E-state index >= 15 is 0 Å². The smallest absolute Gasteiger partial charge is 0.203 e. The van der Waals surface area contributed by atoms with Gasteiger partial charge in [0.05, 0.1) is 0 Å². The molecule has 1 aromatic carbocycles. The molecule has 0 radical (unpaired) electrons. The summed E-state index contributed by atoms with van der Waals surface area (Å²) in [6.07, 6.45) is 9.27. The van der Waals surface area contributed by atoms with Gasteiger partial charge in [0.1, 0.15) is 0 Å². The van der Waals surface area contributed by atoms with Gasteiger partial charge in [-0.05, 0) is 25.3 Å². The second-order valence-electron chi connectivity index (χ2n) is 5.44. The number of hydrogen-bond acceptors (Lipinski definition) is 2. The number of benzene rings is 1. The van der Waals surface area contributed by atoms with Crippen LogP contribution < -0.4 is 5.32 Å². The highest BCUT2D eigenvalue weighted by molar-refractivity contribution is 5.31. The number of nitrogens with one attached hydrogen (secondary N) is 1. The van der Waals surface area contributed by atoms with Crippen LogP contribution in [0.5, 0.6) is 0 Å². The second kappa shape index (κ2) is 5.47. The van der Waals surface area contributed by atoms with E-state index in [9.17, 15) is 0 Å². The zero-order valence-corrected chi connectivity index (χ0v) is 11.5. The van der Waals surface area contributed by atoms with Gasteiger partial charge >= 0.3 is 0 Å². The lowest BCUT2D eigenvalue weighted by atomic mass is 10.1. The minimum Gasteiger partial charge on any atom is -0.352 e. The Morgan fingerprint density at radius 2 is 2.16 bits per heavy atom. The van der Waals surface area contributed by atoms with Crippen molar-refractivity contribution in [2.24, 2.45) is 0 Å². The van der Waals surface area contributed by atoms with Crippen LogP contribution in [-0.2, 0) is 6.54 Å². The maximum Gasteiger partial charge on any atom is 0.203 e. The van der Waals surface area contributed by atoms with E-state index in [1.807, 2.05) is 6.20 Å². The lowest BCUT2D eigenvalue weighted by Gasteiger charge is -2.15. The number of nitrogens with zero attached hydrogens (tertiary/aromatic N) is 2. The summed E-state index contributed by atoms with van der Waals surface area (Å²) in [5.74, 6) is 1.01. The van der Waals surface area contributed by atoms with Gasteiger partial charge in [-0.3, -0.25) is 0 Å². The number of imidazole rings is 1. The van der Waals surface area contributed by atoms with Gasteiger partial charge in [0, 0.05) is 25.0 Å². The molecule has 1 saturated carbocycles. The third-order valence-electron chi connectivity index (χ3n) is 3.92. The molecule has 1 aliphatic carbocycles. The van der Waals surface area contributed by atoms with E-state index in [-0.39, 0.29) is 0 Å². The molecule has 0 saturated heterocycles. The fourth-order valence-electron chi connectivity index (χ4n) is 2.93. The average Bonchev–Trinajstić information content (AvgIpc) is 3.07. The van der Waals surface area contributed by atoms with Gasteiger partial charge in [-0.2, -0.15) is 0 Å². The molecule has 0 unspecified atom stereocenters. The molecular formula is C16H21N3. The molecule has 3 nitrogen and oxygen atoms in total. The molecule has 0 spiro atoms. The fourth-order valence-corrected chi connectivity index (χ4v) is 2.93. The van der Waals surface area contributed by atoms with Crippen molar-refractivity contribution in [3.8, 4) is 0 Å². The van der Waals surface area contributed by atoms with Crippen LogP contribution in [0, 0.1) is 6.92 Å². The standard InChI is InChI=1S/C16H21N3/c1-13-5-4-6-14(11-13)12-18-16-17-9-10-19(16)15-7-2-3-8-15/h4-6,9-11,15H,2-3,7-8,12H2,1H3,(H,17,18). The highest BCUT2D eigenvalue weighted by atomic mass is 15.2. The number of anilines is 1. The van der Waals surface area contributed by atoms with E-state index in [4.69, 9.17) is 0 Å². The average molecular weight is 255 g/mol. The van der Waals surface area contributed by atoms with Crippen LogP contribution in [0.25, 0.3) is 0 Å². The molecule has 100 valence electrons. The third-order valence-corrected chi connectivity index (χ3v) is 3.92. The first kappa shape index (κ1) is 12.3. The Labute approximate surface area is 114 Å². The molecule has 0 bridgehead atoms.